The molecule has 0 aliphatic heterocycles. The summed E-state index contributed by atoms with van der Waals surface area (Å²) in [6, 6.07) is 20.8. The predicted molar refractivity (Wildman–Crippen MR) is 91.7 cm³/mol. The van der Waals surface area contributed by atoms with E-state index in [1.165, 1.54) is 5.30 Å². The van der Waals surface area contributed by atoms with Gasteiger partial charge in [-0.2, -0.15) is 0 Å². The van der Waals surface area contributed by atoms with Crippen LogP contribution in [0.25, 0.3) is 0 Å². The van der Waals surface area contributed by atoms with Crippen LogP contribution in [-0.4, -0.2) is 18.5 Å². The Morgan fingerprint density at radius 2 is 1.20 bits per heavy atom. The van der Waals surface area contributed by atoms with E-state index >= 15 is 0 Å². The van der Waals surface area contributed by atoms with Gasteiger partial charge in [-0.3, -0.25) is 0 Å². The van der Waals surface area contributed by atoms with Gasteiger partial charge in [0.2, 0.25) is 0 Å². The molecule has 2 heteroatoms. The van der Waals surface area contributed by atoms with Gasteiger partial charge in [-0.1, -0.05) is 0 Å². The van der Waals surface area contributed by atoms with Gasteiger partial charge in [0.1, 0.15) is 0 Å². The van der Waals surface area contributed by atoms with Crippen molar-refractivity contribution in [1.29, 1.82) is 0 Å². The third-order valence-corrected chi connectivity index (χ3v) is 11.0. The fraction of sp³-hybridized carbons (Fsp3) is 0.333. The molecule has 0 amide bonds. The third kappa shape index (κ3) is 2.47. The van der Waals surface area contributed by atoms with Crippen molar-refractivity contribution in [2.45, 2.75) is 25.9 Å². The molecular weight excluding hydrogens is 263 g/mol. The summed E-state index contributed by atoms with van der Waals surface area (Å²) >= 11 is 0. The zero-order valence-electron chi connectivity index (χ0n) is 13.1. The Bertz CT molecular complexity index is 567. The van der Waals surface area contributed by atoms with Gasteiger partial charge in [0.05, 0.1) is 0 Å². The minimum atomic E-state index is -2.56. The van der Waals surface area contributed by atoms with Crippen molar-refractivity contribution in [3.05, 3.63) is 60.7 Å². The summed E-state index contributed by atoms with van der Waals surface area (Å²) in [6.45, 7) is 8.90. The van der Waals surface area contributed by atoms with Crippen molar-refractivity contribution in [3.8, 4) is 5.75 Å². The Morgan fingerprint density at radius 3 is 1.65 bits per heavy atom. The molecule has 108 valence electrons. The molecule has 0 saturated heterocycles. The van der Waals surface area contributed by atoms with E-state index in [-0.39, 0.29) is 5.16 Å². The van der Waals surface area contributed by atoms with E-state index in [4.69, 9.17) is 4.52 Å². The summed E-state index contributed by atoms with van der Waals surface area (Å²) in [5.41, 5.74) is 0. The second-order valence-corrected chi connectivity index (χ2v) is 13.0. The molecule has 0 spiro atoms. The normalized spacial score (nSPS) is 14.3. The Balaban J connectivity index is 2.57. The summed E-state index contributed by atoms with van der Waals surface area (Å²) in [6.07, 6.45) is 0. The minimum absolute atomic E-state index is 0.0583. The van der Waals surface area contributed by atoms with Crippen molar-refractivity contribution < 1.29 is 4.52 Å². The van der Waals surface area contributed by atoms with Gasteiger partial charge < -0.3 is 0 Å². The molecule has 0 saturated carbocycles. The predicted octanol–water partition coefficient (Wildman–Crippen LogP) is 4.92. The van der Waals surface area contributed by atoms with Crippen molar-refractivity contribution in [2.75, 3.05) is 13.3 Å². The van der Waals surface area contributed by atoms with Crippen LogP contribution in [0.2, 0.25) is 0 Å². The van der Waals surface area contributed by atoms with Crippen LogP contribution in [0.5, 0.6) is 5.75 Å². The van der Waals surface area contributed by atoms with E-state index in [0.717, 1.165) is 5.75 Å². The fourth-order valence-corrected chi connectivity index (χ4v) is 5.18. The summed E-state index contributed by atoms with van der Waals surface area (Å²) in [5, 5.41) is 1.37. The first-order chi connectivity index (χ1) is 9.23. The molecule has 0 aromatic heterocycles. The van der Waals surface area contributed by atoms with Crippen LogP contribution in [0.3, 0.4) is 0 Å². The molecule has 2 rings (SSSR count). The van der Waals surface area contributed by atoms with Crippen molar-refractivity contribution in [2.24, 2.45) is 0 Å². The van der Waals surface area contributed by atoms with Crippen molar-refractivity contribution in [1.82, 2.24) is 0 Å². The monoisotopic (exact) mass is 288 g/mol. The van der Waals surface area contributed by atoms with Gasteiger partial charge in [0.25, 0.3) is 0 Å². The first-order valence-electron chi connectivity index (χ1n) is 7.05. The SMILES string of the molecule is CC(C)(C)P(C)(C)(Oc1ccccc1)c1ccccc1. The number of hydrogen-bond donors (Lipinski definition) is 0. The molecule has 0 N–H and O–H groups in total. The zero-order valence-corrected chi connectivity index (χ0v) is 14.0. The Morgan fingerprint density at radius 1 is 0.750 bits per heavy atom. The van der Waals surface area contributed by atoms with Gasteiger partial charge in [-0.05, 0) is 0 Å². The van der Waals surface area contributed by atoms with Crippen LogP contribution >= 0.6 is 6.83 Å². The van der Waals surface area contributed by atoms with Gasteiger partial charge in [-0.25, -0.2) is 0 Å². The van der Waals surface area contributed by atoms with E-state index in [0.29, 0.717) is 0 Å². The zero-order chi connectivity index (χ0) is 14.9. The van der Waals surface area contributed by atoms with Gasteiger partial charge in [0.15, 0.2) is 0 Å². The molecule has 2 aromatic carbocycles. The topological polar surface area (TPSA) is 9.23 Å². The maximum atomic E-state index is 6.67. The summed E-state index contributed by atoms with van der Waals surface area (Å²) < 4.78 is 6.67. The molecule has 0 aliphatic rings. The number of hydrogen-bond acceptors (Lipinski definition) is 1. The maximum absolute atomic E-state index is 6.67. The number of rotatable bonds is 3. The summed E-state index contributed by atoms with van der Waals surface area (Å²) in [4.78, 5) is 0. The Hall–Kier alpha value is -1.33. The third-order valence-electron chi connectivity index (χ3n) is 4.58. The summed E-state index contributed by atoms with van der Waals surface area (Å²) in [7, 11) is 0. The number of benzene rings is 2. The Labute approximate surface area is 123 Å². The van der Waals surface area contributed by atoms with Crippen LogP contribution < -0.4 is 9.83 Å². The van der Waals surface area contributed by atoms with E-state index in [9.17, 15) is 0 Å². The van der Waals surface area contributed by atoms with Crippen molar-refractivity contribution >= 4 is 12.1 Å². The molecule has 0 atom stereocenters. The van der Waals surface area contributed by atoms with E-state index < -0.39 is 6.83 Å². The van der Waals surface area contributed by atoms with E-state index in [2.05, 4.69) is 64.4 Å². The second kappa shape index (κ2) is 4.90. The molecule has 1 nitrogen and oxygen atoms in total. The van der Waals surface area contributed by atoms with E-state index in [1.807, 2.05) is 30.3 Å². The molecule has 0 aliphatic carbocycles. The van der Waals surface area contributed by atoms with Crippen LogP contribution in [-0.2, 0) is 0 Å². The standard InChI is InChI=1S/C18H25OP/c1-18(2,3)20(4,5,17-14-10-7-11-15-17)19-16-12-8-6-9-13-16/h6-15H,1-5H3. The van der Waals surface area contributed by atoms with Crippen LogP contribution in [0.15, 0.2) is 60.7 Å². The van der Waals surface area contributed by atoms with Crippen molar-refractivity contribution in [3.63, 3.8) is 0 Å². The molecule has 0 heterocycles. The second-order valence-electron chi connectivity index (χ2n) is 6.91. The molecule has 2 aromatic rings. The molecule has 20 heavy (non-hydrogen) atoms. The average molecular weight is 288 g/mol. The average Bonchev–Trinajstić information content (AvgIpc) is 2.39. The van der Waals surface area contributed by atoms with Crippen LogP contribution in [0.4, 0.5) is 0 Å². The Kier molecular flexibility index (Phi) is 3.69. The van der Waals surface area contributed by atoms with Gasteiger partial charge >= 0.3 is 122 Å². The van der Waals surface area contributed by atoms with Gasteiger partial charge in [0, 0.05) is 0 Å². The molecule has 0 fully saturated rings. The molecular formula is C18H25OP. The van der Waals surface area contributed by atoms with Crippen LogP contribution in [0.1, 0.15) is 20.8 Å². The molecule has 0 radical (unpaired) electrons. The quantitative estimate of drug-likeness (QED) is 0.729. The fourth-order valence-electron chi connectivity index (χ4n) is 2.24. The van der Waals surface area contributed by atoms with Crippen LogP contribution in [0, 0.1) is 0 Å². The summed E-state index contributed by atoms with van der Waals surface area (Å²) in [5.74, 6) is 0.953. The van der Waals surface area contributed by atoms with Gasteiger partial charge in [-0.15, -0.1) is 0 Å². The number of para-hydroxylation sites is 1. The molecule has 0 bridgehead atoms. The first kappa shape index (κ1) is 15.1. The van der Waals surface area contributed by atoms with E-state index in [1.54, 1.807) is 0 Å². The first-order valence-corrected chi connectivity index (χ1v) is 10.1. The molecule has 0 unspecified atom stereocenters.